The Hall–Kier alpha value is -3.61. The van der Waals surface area contributed by atoms with Crippen LogP contribution in [0, 0.1) is 0 Å². The van der Waals surface area contributed by atoms with Crippen LogP contribution in [0.3, 0.4) is 0 Å². The maximum atomic E-state index is 11.9. The molecular formula is C19H18N4O3. The van der Waals surface area contributed by atoms with Crippen LogP contribution >= 0.6 is 0 Å². The van der Waals surface area contributed by atoms with E-state index in [1.165, 1.54) is 6.07 Å². The summed E-state index contributed by atoms with van der Waals surface area (Å²) in [6.07, 6.45) is 1.57. The van der Waals surface area contributed by atoms with E-state index in [-0.39, 0.29) is 11.5 Å². The molecule has 0 aliphatic rings. The van der Waals surface area contributed by atoms with Crippen molar-refractivity contribution in [2.24, 2.45) is 5.10 Å². The number of ether oxygens (including phenoxy) is 2. The zero-order valence-corrected chi connectivity index (χ0v) is 14.4. The third kappa shape index (κ3) is 4.07. The Labute approximate surface area is 150 Å². The van der Waals surface area contributed by atoms with Crippen molar-refractivity contribution in [2.45, 2.75) is 0 Å². The number of rotatable bonds is 6. The predicted octanol–water partition coefficient (Wildman–Crippen LogP) is 2.90. The Morgan fingerprint density at radius 2 is 1.88 bits per heavy atom. The van der Waals surface area contributed by atoms with E-state index in [2.05, 4.69) is 20.5 Å². The van der Waals surface area contributed by atoms with Gasteiger partial charge in [-0.1, -0.05) is 30.3 Å². The molecule has 0 spiro atoms. The maximum absolute atomic E-state index is 11.9. The predicted molar refractivity (Wildman–Crippen MR) is 101 cm³/mol. The van der Waals surface area contributed by atoms with E-state index in [0.29, 0.717) is 17.2 Å². The number of benzene rings is 2. The molecule has 0 amide bonds. The first-order chi connectivity index (χ1) is 12.7. The van der Waals surface area contributed by atoms with Crippen molar-refractivity contribution in [1.29, 1.82) is 0 Å². The van der Waals surface area contributed by atoms with E-state index in [9.17, 15) is 4.79 Å². The molecule has 3 rings (SSSR count). The highest BCUT2D eigenvalue weighted by atomic mass is 16.5. The van der Waals surface area contributed by atoms with Crippen LogP contribution in [0.5, 0.6) is 11.5 Å². The second kappa shape index (κ2) is 7.98. The third-order valence-electron chi connectivity index (χ3n) is 3.62. The second-order valence-corrected chi connectivity index (χ2v) is 5.32. The summed E-state index contributed by atoms with van der Waals surface area (Å²) in [4.78, 5) is 18.9. The topological polar surface area (TPSA) is 88.6 Å². The molecule has 1 aromatic heterocycles. The van der Waals surface area contributed by atoms with Crippen LogP contribution in [-0.4, -0.2) is 30.4 Å². The molecular weight excluding hydrogens is 332 g/mol. The smallest absolute Gasteiger partial charge is 0.252 e. The summed E-state index contributed by atoms with van der Waals surface area (Å²) in [5.74, 6) is 1.58. The number of hydrogen-bond donors (Lipinski definition) is 2. The van der Waals surface area contributed by atoms with Gasteiger partial charge >= 0.3 is 0 Å². The fraction of sp³-hybridized carbons (Fsp3) is 0.105. The van der Waals surface area contributed by atoms with E-state index < -0.39 is 0 Å². The number of methoxy groups -OCH3 is 2. The van der Waals surface area contributed by atoms with Gasteiger partial charge in [-0.2, -0.15) is 5.10 Å². The van der Waals surface area contributed by atoms with Gasteiger partial charge in [0.25, 0.3) is 5.56 Å². The summed E-state index contributed by atoms with van der Waals surface area (Å²) in [5, 5.41) is 4.13. The molecule has 2 aromatic carbocycles. The number of H-pyrrole nitrogens is 1. The van der Waals surface area contributed by atoms with E-state index in [1.807, 2.05) is 30.3 Å². The van der Waals surface area contributed by atoms with Gasteiger partial charge in [0.2, 0.25) is 5.95 Å². The van der Waals surface area contributed by atoms with Gasteiger partial charge in [0.05, 0.1) is 26.1 Å². The average Bonchev–Trinajstić information content (AvgIpc) is 2.68. The van der Waals surface area contributed by atoms with Gasteiger partial charge < -0.3 is 9.47 Å². The summed E-state index contributed by atoms with van der Waals surface area (Å²) < 4.78 is 10.5. The van der Waals surface area contributed by atoms with Crippen LogP contribution in [0.25, 0.3) is 11.3 Å². The SMILES string of the molecule is COc1ccc(OC)c(/C=N\Nc2nc(-c3ccccc3)cc(=O)[nH]2)c1. The third-order valence-corrected chi connectivity index (χ3v) is 3.62. The van der Waals surface area contributed by atoms with E-state index in [0.717, 1.165) is 11.1 Å². The Morgan fingerprint density at radius 1 is 1.08 bits per heavy atom. The number of nitrogens with zero attached hydrogens (tertiary/aromatic N) is 2. The standard InChI is InChI=1S/C19H18N4O3/c1-25-15-8-9-17(26-2)14(10-15)12-20-23-19-21-16(11-18(24)22-19)13-6-4-3-5-7-13/h3-12H,1-2H3,(H2,21,22,23,24)/b20-12-. The van der Waals surface area contributed by atoms with Gasteiger partial charge in [-0.25, -0.2) is 10.4 Å². The van der Waals surface area contributed by atoms with Crippen molar-refractivity contribution < 1.29 is 9.47 Å². The molecule has 7 heteroatoms. The number of hydrogen-bond acceptors (Lipinski definition) is 6. The van der Waals surface area contributed by atoms with Crippen molar-refractivity contribution in [3.63, 3.8) is 0 Å². The fourth-order valence-electron chi connectivity index (χ4n) is 2.37. The molecule has 0 aliphatic heterocycles. The number of aromatic amines is 1. The lowest BCUT2D eigenvalue weighted by Crippen LogP contribution is -2.10. The molecule has 7 nitrogen and oxygen atoms in total. The quantitative estimate of drug-likeness (QED) is 0.527. The van der Waals surface area contributed by atoms with Crippen LogP contribution in [0.2, 0.25) is 0 Å². The number of aromatic nitrogens is 2. The van der Waals surface area contributed by atoms with Gasteiger partial charge in [-0.15, -0.1) is 0 Å². The minimum Gasteiger partial charge on any atom is -0.497 e. The minimum atomic E-state index is -0.268. The molecule has 1 heterocycles. The molecule has 0 atom stereocenters. The van der Waals surface area contributed by atoms with E-state index in [4.69, 9.17) is 9.47 Å². The second-order valence-electron chi connectivity index (χ2n) is 5.32. The van der Waals surface area contributed by atoms with Crippen LogP contribution < -0.4 is 20.5 Å². The van der Waals surface area contributed by atoms with E-state index >= 15 is 0 Å². The summed E-state index contributed by atoms with van der Waals surface area (Å²) in [6.45, 7) is 0. The molecule has 0 radical (unpaired) electrons. The Morgan fingerprint density at radius 3 is 2.62 bits per heavy atom. The molecule has 0 unspecified atom stereocenters. The molecule has 2 N–H and O–H groups in total. The lowest BCUT2D eigenvalue weighted by Gasteiger charge is -2.07. The Balaban J connectivity index is 1.83. The highest BCUT2D eigenvalue weighted by Gasteiger charge is 2.04. The number of anilines is 1. The normalized spacial score (nSPS) is 10.7. The lowest BCUT2D eigenvalue weighted by atomic mass is 10.1. The largest absolute Gasteiger partial charge is 0.497 e. The first-order valence-corrected chi connectivity index (χ1v) is 7.87. The van der Waals surface area contributed by atoms with Crippen LogP contribution in [0.15, 0.2) is 64.5 Å². The lowest BCUT2D eigenvalue weighted by molar-refractivity contribution is 0.402. The van der Waals surface area contributed by atoms with E-state index in [1.54, 1.807) is 38.6 Å². The Kier molecular flexibility index (Phi) is 5.28. The zero-order chi connectivity index (χ0) is 18.4. The minimum absolute atomic E-state index is 0.245. The van der Waals surface area contributed by atoms with Crippen molar-refractivity contribution in [1.82, 2.24) is 9.97 Å². The summed E-state index contributed by atoms with van der Waals surface area (Å²) >= 11 is 0. The summed E-state index contributed by atoms with van der Waals surface area (Å²) in [7, 11) is 3.17. The van der Waals surface area contributed by atoms with Crippen molar-refractivity contribution in [3.05, 3.63) is 70.5 Å². The zero-order valence-electron chi connectivity index (χ0n) is 14.4. The maximum Gasteiger partial charge on any atom is 0.252 e. The molecule has 0 saturated heterocycles. The molecule has 0 saturated carbocycles. The van der Waals surface area contributed by atoms with Gasteiger partial charge in [0.15, 0.2) is 0 Å². The van der Waals surface area contributed by atoms with Gasteiger partial charge in [-0.05, 0) is 18.2 Å². The number of nitrogens with one attached hydrogen (secondary N) is 2. The van der Waals surface area contributed by atoms with Gasteiger partial charge in [-0.3, -0.25) is 9.78 Å². The molecule has 0 aliphatic carbocycles. The molecule has 132 valence electrons. The monoisotopic (exact) mass is 350 g/mol. The number of hydrazone groups is 1. The van der Waals surface area contributed by atoms with Crippen molar-refractivity contribution in [3.8, 4) is 22.8 Å². The first-order valence-electron chi connectivity index (χ1n) is 7.87. The summed E-state index contributed by atoms with van der Waals surface area (Å²) in [6, 6.07) is 16.3. The van der Waals surface area contributed by atoms with Gasteiger partial charge in [0.1, 0.15) is 11.5 Å². The van der Waals surface area contributed by atoms with Crippen molar-refractivity contribution >= 4 is 12.2 Å². The highest BCUT2D eigenvalue weighted by Crippen LogP contribution is 2.22. The Bertz CT molecular complexity index is 968. The van der Waals surface area contributed by atoms with Crippen molar-refractivity contribution in [2.75, 3.05) is 19.6 Å². The highest BCUT2D eigenvalue weighted by molar-refractivity contribution is 5.84. The average molecular weight is 350 g/mol. The summed E-state index contributed by atoms with van der Waals surface area (Å²) in [5.41, 5.74) is 4.60. The molecule has 3 aromatic rings. The van der Waals surface area contributed by atoms with Crippen LogP contribution in [0.1, 0.15) is 5.56 Å². The fourth-order valence-corrected chi connectivity index (χ4v) is 2.37. The molecule has 0 bridgehead atoms. The molecule has 26 heavy (non-hydrogen) atoms. The first kappa shape index (κ1) is 17.2. The molecule has 0 fully saturated rings. The van der Waals surface area contributed by atoms with Gasteiger partial charge in [0, 0.05) is 17.2 Å². The van der Waals surface area contributed by atoms with Crippen LogP contribution in [0.4, 0.5) is 5.95 Å². The van der Waals surface area contributed by atoms with Crippen LogP contribution in [-0.2, 0) is 0 Å².